The Morgan fingerprint density at radius 1 is 1.31 bits per heavy atom. The Bertz CT molecular complexity index is 449. The Kier molecular flexibility index (Phi) is 3.72. The lowest BCUT2D eigenvalue weighted by molar-refractivity contribution is 0.208. The highest BCUT2D eigenvalue weighted by atomic mass is 32.2. The molecule has 1 unspecified atom stereocenters. The van der Waals surface area contributed by atoms with E-state index in [1.54, 1.807) is 31.2 Å². The number of sulfone groups is 1. The van der Waals surface area contributed by atoms with Gasteiger partial charge in [-0.1, -0.05) is 12.1 Å². The van der Waals surface area contributed by atoms with E-state index < -0.39 is 15.4 Å². The maximum absolute atomic E-state index is 11.2. The van der Waals surface area contributed by atoms with Crippen LogP contribution in [0.1, 0.15) is 12.5 Å². The Balaban J connectivity index is 2.89. The van der Waals surface area contributed by atoms with Crippen molar-refractivity contribution in [2.45, 2.75) is 23.8 Å². The van der Waals surface area contributed by atoms with Crippen molar-refractivity contribution in [3.63, 3.8) is 0 Å². The molecule has 0 saturated heterocycles. The molecule has 0 aliphatic heterocycles. The van der Waals surface area contributed by atoms with Crippen LogP contribution in [0.25, 0.3) is 0 Å². The minimum absolute atomic E-state index is 0.110. The highest BCUT2D eigenvalue weighted by Crippen LogP contribution is 2.14. The molecule has 3 N–H and O–H groups in total. The summed E-state index contributed by atoms with van der Waals surface area (Å²) in [5.74, 6) is 0. The maximum atomic E-state index is 11.2. The third-order valence-corrected chi connectivity index (χ3v) is 3.45. The smallest absolute Gasteiger partial charge is 0.175 e. The predicted octanol–water partition coefficient (Wildman–Crippen LogP) is 0.342. The van der Waals surface area contributed by atoms with Crippen LogP contribution in [-0.4, -0.2) is 31.9 Å². The minimum atomic E-state index is -3.15. The summed E-state index contributed by atoms with van der Waals surface area (Å²) in [5, 5.41) is 9.02. The molecule has 0 amide bonds. The summed E-state index contributed by atoms with van der Waals surface area (Å²) >= 11 is 0. The molecule has 16 heavy (non-hydrogen) atoms. The van der Waals surface area contributed by atoms with E-state index in [0.717, 1.165) is 5.56 Å². The fourth-order valence-electron chi connectivity index (χ4n) is 1.38. The first-order valence-electron chi connectivity index (χ1n) is 4.93. The van der Waals surface area contributed by atoms with E-state index in [9.17, 15) is 8.42 Å². The van der Waals surface area contributed by atoms with Crippen LogP contribution in [0.3, 0.4) is 0 Å². The molecular formula is C11H17NO3S. The van der Waals surface area contributed by atoms with Crippen LogP contribution < -0.4 is 5.73 Å². The molecule has 0 aliphatic carbocycles. The van der Waals surface area contributed by atoms with Crippen LogP contribution in [-0.2, 0) is 16.3 Å². The third kappa shape index (κ3) is 3.59. The average Bonchev–Trinajstić information content (AvgIpc) is 2.16. The standard InChI is InChI=1S/C11H17NO3S/c1-11(12,8-13)7-9-3-5-10(6-4-9)16(2,14)15/h3-6,13H,7-8,12H2,1-2H3. The number of hydrogen-bond acceptors (Lipinski definition) is 4. The van der Waals surface area contributed by atoms with E-state index in [1.165, 1.54) is 6.26 Å². The number of rotatable bonds is 4. The van der Waals surface area contributed by atoms with Gasteiger partial charge in [0, 0.05) is 11.8 Å². The van der Waals surface area contributed by atoms with Gasteiger partial charge < -0.3 is 10.8 Å². The van der Waals surface area contributed by atoms with Gasteiger partial charge in [-0.15, -0.1) is 0 Å². The highest BCUT2D eigenvalue weighted by Gasteiger charge is 2.17. The van der Waals surface area contributed by atoms with Crippen molar-refractivity contribution in [1.29, 1.82) is 0 Å². The van der Waals surface area contributed by atoms with E-state index in [-0.39, 0.29) is 6.61 Å². The lowest BCUT2D eigenvalue weighted by atomic mass is 9.95. The van der Waals surface area contributed by atoms with Crippen LogP contribution in [0.15, 0.2) is 29.2 Å². The van der Waals surface area contributed by atoms with Crippen molar-refractivity contribution in [1.82, 2.24) is 0 Å². The van der Waals surface area contributed by atoms with Crippen LogP contribution in [0.2, 0.25) is 0 Å². The molecule has 1 aromatic rings. The van der Waals surface area contributed by atoms with Gasteiger partial charge in [0.25, 0.3) is 0 Å². The van der Waals surface area contributed by atoms with Crippen molar-refractivity contribution in [3.8, 4) is 0 Å². The first-order chi connectivity index (χ1) is 7.24. The Labute approximate surface area is 96.0 Å². The third-order valence-electron chi connectivity index (χ3n) is 2.32. The number of hydrogen-bond donors (Lipinski definition) is 2. The monoisotopic (exact) mass is 243 g/mol. The van der Waals surface area contributed by atoms with Gasteiger partial charge in [-0.2, -0.15) is 0 Å². The molecule has 1 rings (SSSR count). The summed E-state index contributed by atoms with van der Waals surface area (Å²) in [6.07, 6.45) is 1.68. The van der Waals surface area contributed by atoms with Crippen molar-refractivity contribution in [3.05, 3.63) is 29.8 Å². The second-order valence-corrected chi connectivity index (χ2v) is 6.42. The molecule has 90 valence electrons. The normalized spacial score (nSPS) is 15.8. The molecule has 1 atom stereocenters. The van der Waals surface area contributed by atoms with Crippen LogP contribution in [0.4, 0.5) is 0 Å². The van der Waals surface area contributed by atoms with Gasteiger partial charge in [-0.05, 0) is 31.0 Å². The van der Waals surface area contributed by atoms with Gasteiger partial charge in [-0.3, -0.25) is 0 Å². The van der Waals surface area contributed by atoms with Crippen LogP contribution in [0, 0.1) is 0 Å². The highest BCUT2D eigenvalue weighted by molar-refractivity contribution is 7.90. The Morgan fingerprint density at radius 2 is 1.81 bits per heavy atom. The molecule has 5 heteroatoms. The van der Waals surface area contributed by atoms with Gasteiger partial charge in [0.2, 0.25) is 0 Å². The molecule has 0 spiro atoms. The molecule has 0 heterocycles. The largest absolute Gasteiger partial charge is 0.394 e. The van der Waals surface area contributed by atoms with E-state index in [0.29, 0.717) is 11.3 Å². The topological polar surface area (TPSA) is 80.4 Å². The molecule has 4 nitrogen and oxygen atoms in total. The average molecular weight is 243 g/mol. The maximum Gasteiger partial charge on any atom is 0.175 e. The van der Waals surface area contributed by atoms with E-state index in [4.69, 9.17) is 10.8 Å². The number of aliphatic hydroxyl groups excluding tert-OH is 1. The van der Waals surface area contributed by atoms with Gasteiger partial charge >= 0.3 is 0 Å². The zero-order valence-corrected chi connectivity index (χ0v) is 10.3. The van der Waals surface area contributed by atoms with Gasteiger partial charge in [0.1, 0.15) is 0 Å². The molecule has 0 fully saturated rings. The first kappa shape index (κ1) is 13.2. The van der Waals surface area contributed by atoms with Crippen molar-refractivity contribution >= 4 is 9.84 Å². The second-order valence-electron chi connectivity index (χ2n) is 4.41. The molecule has 1 aromatic carbocycles. The number of aliphatic hydroxyl groups is 1. The zero-order valence-electron chi connectivity index (χ0n) is 9.47. The molecule has 0 bridgehead atoms. The number of benzene rings is 1. The fourth-order valence-corrected chi connectivity index (χ4v) is 2.01. The lowest BCUT2D eigenvalue weighted by Crippen LogP contribution is -2.42. The van der Waals surface area contributed by atoms with Crippen molar-refractivity contribution < 1.29 is 13.5 Å². The van der Waals surface area contributed by atoms with Gasteiger partial charge in [-0.25, -0.2) is 8.42 Å². The summed E-state index contributed by atoms with van der Waals surface area (Å²) in [5.41, 5.74) is 6.04. The minimum Gasteiger partial charge on any atom is -0.394 e. The fraction of sp³-hybridized carbons (Fsp3) is 0.455. The van der Waals surface area contributed by atoms with Crippen molar-refractivity contribution in [2.24, 2.45) is 5.73 Å². The van der Waals surface area contributed by atoms with Crippen LogP contribution in [0.5, 0.6) is 0 Å². The van der Waals surface area contributed by atoms with Gasteiger partial charge in [0.05, 0.1) is 11.5 Å². The lowest BCUT2D eigenvalue weighted by Gasteiger charge is -2.21. The first-order valence-corrected chi connectivity index (χ1v) is 6.82. The van der Waals surface area contributed by atoms with Crippen molar-refractivity contribution in [2.75, 3.05) is 12.9 Å². The Hall–Kier alpha value is -0.910. The zero-order chi connectivity index (χ0) is 12.4. The van der Waals surface area contributed by atoms with E-state index in [2.05, 4.69) is 0 Å². The second kappa shape index (κ2) is 4.53. The predicted molar refractivity (Wildman–Crippen MR) is 62.9 cm³/mol. The molecule has 0 aliphatic rings. The summed E-state index contributed by atoms with van der Waals surface area (Å²) in [7, 11) is -3.15. The summed E-state index contributed by atoms with van der Waals surface area (Å²) in [6, 6.07) is 6.55. The molecule has 0 aromatic heterocycles. The summed E-state index contributed by atoms with van der Waals surface area (Å²) in [4.78, 5) is 0.291. The summed E-state index contributed by atoms with van der Waals surface area (Å²) < 4.78 is 22.4. The van der Waals surface area contributed by atoms with Crippen LogP contribution >= 0.6 is 0 Å². The molecule has 0 radical (unpaired) electrons. The number of nitrogens with two attached hydrogens (primary N) is 1. The molecular weight excluding hydrogens is 226 g/mol. The van der Waals surface area contributed by atoms with E-state index in [1.807, 2.05) is 0 Å². The quantitative estimate of drug-likeness (QED) is 0.799. The summed E-state index contributed by atoms with van der Waals surface area (Å²) in [6.45, 7) is 1.64. The SMILES string of the molecule is CC(N)(CO)Cc1ccc(S(C)(=O)=O)cc1. The van der Waals surface area contributed by atoms with Gasteiger partial charge in [0.15, 0.2) is 9.84 Å². The Morgan fingerprint density at radius 3 is 2.19 bits per heavy atom. The molecule has 0 saturated carbocycles. The van der Waals surface area contributed by atoms with E-state index >= 15 is 0 Å².